The van der Waals surface area contributed by atoms with Gasteiger partial charge in [0.25, 0.3) is 5.91 Å². The van der Waals surface area contributed by atoms with Crippen LogP contribution in [0.3, 0.4) is 0 Å². The summed E-state index contributed by atoms with van der Waals surface area (Å²) < 4.78 is 16.2. The minimum Gasteiger partial charge on any atom is -0.454 e. The maximum absolute atomic E-state index is 13.0. The van der Waals surface area contributed by atoms with Crippen molar-refractivity contribution in [2.24, 2.45) is 0 Å². The molecule has 1 aromatic carbocycles. The van der Waals surface area contributed by atoms with Crippen molar-refractivity contribution in [3.8, 4) is 11.5 Å². The Labute approximate surface area is 158 Å². The smallest absolute Gasteiger partial charge is 0.259 e. The summed E-state index contributed by atoms with van der Waals surface area (Å²) in [5.41, 5.74) is 2.50. The number of aryl methyl sites for hydroxylation is 1. The van der Waals surface area contributed by atoms with E-state index in [4.69, 9.17) is 14.0 Å². The van der Waals surface area contributed by atoms with E-state index in [0.29, 0.717) is 36.9 Å². The largest absolute Gasteiger partial charge is 0.454 e. The fourth-order valence-electron chi connectivity index (χ4n) is 3.61. The summed E-state index contributed by atoms with van der Waals surface area (Å²) in [5, 5.41) is 4.00. The number of amides is 1. The standard InChI is InChI=1S/C20H25N3O4/c1-13(2)19-18(14(3)21-27-19)20(24)23-8-6-22(7-9-23)11-15-4-5-16-17(10-15)26-12-25-16/h4-5,10,13H,6-9,11-12H2,1-3H3. The molecule has 0 N–H and O–H groups in total. The maximum Gasteiger partial charge on any atom is 0.259 e. The molecule has 1 saturated heterocycles. The Bertz CT molecular complexity index is 838. The van der Waals surface area contributed by atoms with Crippen LogP contribution in [0.15, 0.2) is 22.7 Å². The van der Waals surface area contributed by atoms with Crippen molar-refractivity contribution in [2.75, 3.05) is 33.0 Å². The molecule has 2 aliphatic rings. The van der Waals surface area contributed by atoms with Gasteiger partial charge in [-0.3, -0.25) is 9.69 Å². The first-order valence-corrected chi connectivity index (χ1v) is 9.39. The summed E-state index contributed by atoms with van der Waals surface area (Å²) in [4.78, 5) is 17.2. The highest BCUT2D eigenvalue weighted by atomic mass is 16.7. The van der Waals surface area contributed by atoms with Gasteiger partial charge in [0.05, 0.1) is 5.69 Å². The molecule has 0 aliphatic carbocycles. The van der Waals surface area contributed by atoms with Crippen molar-refractivity contribution in [2.45, 2.75) is 33.2 Å². The molecule has 3 heterocycles. The van der Waals surface area contributed by atoms with Crippen molar-refractivity contribution in [1.82, 2.24) is 15.0 Å². The molecule has 7 nitrogen and oxygen atoms in total. The van der Waals surface area contributed by atoms with E-state index in [-0.39, 0.29) is 11.8 Å². The maximum atomic E-state index is 13.0. The fraction of sp³-hybridized carbons (Fsp3) is 0.500. The number of nitrogens with zero attached hydrogens (tertiary/aromatic N) is 3. The second-order valence-electron chi connectivity index (χ2n) is 7.42. The number of piperazine rings is 1. The minimum absolute atomic E-state index is 0.0279. The summed E-state index contributed by atoms with van der Waals surface area (Å²) in [6, 6.07) is 6.06. The molecule has 7 heteroatoms. The second kappa shape index (κ2) is 7.23. The number of carbonyl (C=O) groups is 1. The Morgan fingerprint density at radius 1 is 1.15 bits per heavy atom. The Hall–Kier alpha value is -2.54. The van der Waals surface area contributed by atoms with Crippen LogP contribution in [0.4, 0.5) is 0 Å². The molecule has 0 radical (unpaired) electrons. The molecule has 0 unspecified atom stereocenters. The van der Waals surface area contributed by atoms with Crippen LogP contribution in [0.2, 0.25) is 0 Å². The van der Waals surface area contributed by atoms with Gasteiger partial charge < -0.3 is 18.9 Å². The van der Waals surface area contributed by atoms with Gasteiger partial charge >= 0.3 is 0 Å². The molecule has 1 amide bonds. The van der Waals surface area contributed by atoms with Gasteiger partial charge in [-0.25, -0.2) is 0 Å². The van der Waals surface area contributed by atoms with E-state index in [1.54, 1.807) is 0 Å². The van der Waals surface area contributed by atoms with Gasteiger partial charge in [0.2, 0.25) is 6.79 Å². The van der Waals surface area contributed by atoms with E-state index >= 15 is 0 Å². The van der Waals surface area contributed by atoms with Gasteiger partial charge in [-0.05, 0) is 24.6 Å². The average molecular weight is 371 g/mol. The van der Waals surface area contributed by atoms with Crippen LogP contribution < -0.4 is 9.47 Å². The predicted molar refractivity (Wildman–Crippen MR) is 99.1 cm³/mol. The van der Waals surface area contributed by atoms with Gasteiger partial charge in [0.1, 0.15) is 5.56 Å². The van der Waals surface area contributed by atoms with E-state index in [2.05, 4.69) is 16.1 Å². The van der Waals surface area contributed by atoms with Crippen LogP contribution in [-0.4, -0.2) is 53.8 Å². The molecule has 4 rings (SSSR count). The second-order valence-corrected chi connectivity index (χ2v) is 7.42. The lowest BCUT2D eigenvalue weighted by Crippen LogP contribution is -2.48. The van der Waals surface area contributed by atoms with E-state index < -0.39 is 0 Å². The normalized spacial score (nSPS) is 17.0. The quantitative estimate of drug-likeness (QED) is 0.823. The number of rotatable bonds is 4. The first-order chi connectivity index (χ1) is 13.0. The van der Waals surface area contributed by atoms with Gasteiger partial charge in [0.15, 0.2) is 17.3 Å². The number of aromatic nitrogens is 1. The number of hydrogen-bond acceptors (Lipinski definition) is 6. The van der Waals surface area contributed by atoms with Gasteiger partial charge in [-0.15, -0.1) is 0 Å². The predicted octanol–water partition coefficient (Wildman–Crippen LogP) is 2.79. The van der Waals surface area contributed by atoms with Crippen LogP contribution in [0.5, 0.6) is 11.5 Å². The zero-order valence-electron chi connectivity index (χ0n) is 16.0. The molecule has 0 atom stereocenters. The molecular formula is C20H25N3O4. The summed E-state index contributed by atoms with van der Waals surface area (Å²) >= 11 is 0. The molecule has 0 bridgehead atoms. The number of benzene rings is 1. The van der Waals surface area contributed by atoms with Crippen LogP contribution in [-0.2, 0) is 6.54 Å². The van der Waals surface area contributed by atoms with E-state index in [9.17, 15) is 4.79 Å². The molecule has 0 spiro atoms. The Kier molecular flexibility index (Phi) is 4.78. The van der Waals surface area contributed by atoms with Gasteiger partial charge in [-0.2, -0.15) is 0 Å². The lowest BCUT2D eigenvalue weighted by molar-refractivity contribution is 0.0625. The van der Waals surface area contributed by atoms with E-state index in [1.165, 1.54) is 5.56 Å². The lowest BCUT2D eigenvalue weighted by Gasteiger charge is -2.34. The molecule has 27 heavy (non-hydrogen) atoms. The zero-order valence-corrected chi connectivity index (χ0v) is 16.0. The van der Waals surface area contributed by atoms with E-state index in [0.717, 1.165) is 31.1 Å². The Balaban J connectivity index is 1.38. The lowest BCUT2D eigenvalue weighted by atomic mass is 10.0. The van der Waals surface area contributed by atoms with Gasteiger partial charge in [0, 0.05) is 38.6 Å². The molecule has 1 fully saturated rings. The van der Waals surface area contributed by atoms with Crippen molar-refractivity contribution in [3.63, 3.8) is 0 Å². The van der Waals surface area contributed by atoms with Crippen molar-refractivity contribution >= 4 is 5.91 Å². The molecule has 144 valence electrons. The number of carbonyl (C=O) groups excluding carboxylic acids is 1. The monoisotopic (exact) mass is 371 g/mol. The third-order valence-corrected chi connectivity index (χ3v) is 5.13. The summed E-state index contributed by atoms with van der Waals surface area (Å²) in [6.07, 6.45) is 0. The summed E-state index contributed by atoms with van der Waals surface area (Å²) in [5.74, 6) is 2.46. The van der Waals surface area contributed by atoms with Crippen LogP contribution in [0, 0.1) is 6.92 Å². The van der Waals surface area contributed by atoms with Crippen molar-refractivity contribution in [1.29, 1.82) is 0 Å². The van der Waals surface area contributed by atoms with E-state index in [1.807, 2.05) is 37.8 Å². The number of ether oxygens (including phenoxy) is 2. The summed E-state index contributed by atoms with van der Waals surface area (Å²) in [7, 11) is 0. The first-order valence-electron chi connectivity index (χ1n) is 9.39. The minimum atomic E-state index is 0.0279. The van der Waals surface area contributed by atoms with Crippen LogP contribution in [0.25, 0.3) is 0 Å². The van der Waals surface area contributed by atoms with Crippen LogP contribution >= 0.6 is 0 Å². The average Bonchev–Trinajstić information content (AvgIpc) is 3.27. The van der Waals surface area contributed by atoms with Crippen molar-refractivity contribution in [3.05, 3.63) is 40.8 Å². The van der Waals surface area contributed by atoms with Crippen molar-refractivity contribution < 1.29 is 18.8 Å². The Morgan fingerprint density at radius 2 is 1.89 bits per heavy atom. The fourth-order valence-corrected chi connectivity index (χ4v) is 3.61. The molecular weight excluding hydrogens is 346 g/mol. The third kappa shape index (κ3) is 3.51. The van der Waals surface area contributed by atoms with Gasteiger partial charge in [-0.1, -0.05) is 25.1 Å². The molecule has 2 aliphatic heterocycles. The topological polar surface area (TPSA) is 68.0 Å². The highest BCUT2D eigenvalue weighted by Crippen LogP contribution is 2.33. The summed E-state index contributed by atoms with van der Waals surface area (Å²) in [6.45, 7) is 10.1. The number of hydrogen-bond donors (Lipinski definition) is 0. The SMILES string of the molecule is Cc1noc(C(C)C)c1C(=O)N1CCN(Cc2ccc3c(c2)OCO3)CC1. The first kappa shape index (κ1) is 17.9. The molecule has 0 saturated carbocycles. The highest BCUT2D eigenvalue weighted by Gasteiger charge is 2.29. The Morgan fingerprint density at radius 3 is 2.63 bits per heavy atom. The zero-order chi connectivity index (χ0) is 19.0. The molecule has 1 aromatic heterocycles. The molecule has 2 aromatic rings. The third-order valence-electron chi connectivity index (χ3n) is 5.13. The highest BCUT2D eigenvalue weighted by molar-refractivity contribution is 5.96. The van der Waals surface area contributed by atoms with Crippen LogP contribution in [0.1, 0.15) is 47.1 Å². The number of fused-ring (bicyclic) bond motifs is 1.